The van der Waals surface area contributed by atoms with Crippen LogP contribution in [0.1, 0.15) is 39.1 Å². The molecule has 1 aliphatic heterocycles. The van der Waals surface area contributed by atoms with Gasteiger partial charge in [-0.05, 0) is 42.7 Å². The van der Waals surface area contributed by atoms with Gasteiger partial charge in [0.2, 0.25) is 0 Å². The molecule has 0 radical (unpaired) electrons. The van der Waals surface area contributed by atoms with Crippen molar-refractivity contribution in [1.82, 2.24) is 10.2 Å². The van der Waals surface area contributed by atoms with Gasteiger partial charge in [0, 0.05) is 50.0 Å². The van der Waals surface area contributed by atoms with E-state index < -0.39 is 17.5 Å². The van der Waals surface area contributed by atoms with Crippen LogP contribution < -0.4 is 10.2 Å². The zero-order valence-electron chi connectivity index (χ0n) is 19.0. The van der Waals surface area contributed by atoms with Gasteiger partial charge in [0.05, 0.1) is 5.56 Å². The quantitative estimate of drug-likeness (QED) is 0.580. The van der Waals surface area contributed by atoms with Gasteiger partial charge in [-0.15, -0.1) is 0 Å². The van der Waals surface area contributed by atoms with E-state index in [1.807, 2.05) is 54.6 Å². The third-order valence-electron chi connectivity index (χ3n) is 6.04. The summed E-state index contributed by atoms with van der Waals surface area (Å²) in [5.41, 5.74) is 2.53. The fourth-order valence-electron chi connectivity index (χ4n) is 4.28. The Bertz CT molecular complexity index is 1140. The van der Waals surface area contributed by atoms with E-state index in [-0.39, 0.29) is 17.5 Å². The molecular weight excluding hydrogens is 436 g/mol. The van der Waals surface area contributed by atoms with E-state index in [0.29, 0.717) is 38.0 Å². The summed E-state index contributed by atoms with van der Waals surface area (Å²) in [6.45, 7) is 1.81. The lowest BCUT2D eigenvalue weighted by atomic mass is 10.0. The number of halogens is 2. The second-order valence-corrected chi connectivity index (χ2v) is 8.56. The van der Waals surface area contributed by atoms with E-state index in [1.54, 1.807) is 11.9 Å². The van der Waals surface area contributed by atoms with Crippen LogP contribution in [0.2, 0.25) is 0 Å². The molecular formula is C27H27F2N3O2. The molecule has 2 amide bonds. The number of anilines is 1. The normalized spacial score (nSPS) is 14.0. The minimum absolute atomic E-state index is 0.0303. The minimum Gasteiger partial charge on any atom is -0.371 e. The fraction of sp³-hybridized carbons (Fsp3) is 0.259. The average molecular weight is 464 g/mol. The van der Waals surface area contributed by atoms with E-state index in [4.69, 9.17) is 0 Å². The summed E-state index contributed by atoms with van der Waals surface area (Å²) in [6, 6.07) is 20.1. The maximum atomic E-state index is 13.4. The summed E-state index contributed by atoms with van der Waals surface area (Å²) < 4.78 is 26.9. The molecule has 3 aromatic carbocycles. The van der Waals surface area contributed by atoms with Gasteiger partial charge < -0.3 is 15.1 Å². The predicted octanol–water partition coefficient (Wildman–Crippen LogP) is 4.64. The highest BCUT2D eigenvalue weighted by Gasteiger charge is 2.25. The largest absolute Gasteiger partial charge is 0.371 e. The first-order valence-electron chi connectivity index (χ1n) is 11.3. The molecule has 0 unspecified atom stereocenters. The van der Waals surface area contributed by atoms with Crippen molar-refractivity contribution in [2.24, 2.45) is 0 Å². The highest BCUT2D eigenvalue weighted by molar-refractivity contribution is 5.99. The number of rotatable bonds is 6. The average Bonchev–Trinajstić information content (AvgIpc) is 2.84. The summed E-state index contributed by atoms with van der Waals surface area (Å²) >= 11 is 0. The number of hydrogen-bond donors (Lipinski definition) is 1. The molecule has 0 atom stereocenters. The Morgan fingerprint density at radius 1 is 0.941 bits per heavy atom. The fourth-order valence-corrected chi connectivity index (χ4v) is 4.28. The monoisotopic (exact) mass is 463 g/mol. The van der Waals surface area contributed by atoms with Crippen molar-refractivity contribution >= 4 is 17.5 Å². The number of piperidine rings is 1. The molecule has 0 bridgehead atoms. The Morgan fingerprint density at radius 2 is 1.56 bits per heavy atom. The van der Waals surface area contributed by atoms with Crippen molar-refractivity contribution < 1.29 is 18.4 Å². The van der Waals surface area contributed by atoms with Crippen molar-refractivity contribution in [1.29, 1.82) is 0 Å². The molecule has 0 spiro atoms. The molecule has 1 aliphatic rings. The predicted molar refractivity (Wildman–Crippen MR) is 128 cm³/mol. The molecule has 7 heteroatoms. The number of hydrogen-bond acceptors (Lipinski definition) is 3. The highest BCUT2D eigenvalue weighted by Crippen LogP contribution is 2.26. The SMILES string of the molecule is CN(Cc1ccccc1)C(=O)c1ccccc1N1CCC(NC(=O)c2cc(F)cc(F)c2)CC1. The number of nitrogens with zero attached hydrogens (tertiary/aromatic N) is 2. The lowest BCUT2D eigenvalue weighted by Gasteiger charge is -2.35. The van der Waals surface area contributed by atoms with Gasteiger partial charge in [-0.3, -0.25) is 9.59 Å². The van der Waals surface area contributed by atoms with Gasteiger partial charge in [0.1, 0.15) is 11.6 Å². The van der Waals surface area contributed by atoms with Gasteiger partial charge in [-0.25, -0.2) is 8.78 Å². The van der Waals surface area contributed by atoms with Crippen LogP contribution in [0.15, 0.2) is 72.8 Å². The van der Waals surface area contributed by atoms with E-state index in [0.717, 1.165) is 29.4 Å². The number of para-hydroxylation sites is 1. The van der Waals surface area contributed by atoms with Crippen LogP contribution in [0.5, 0.6) is 0 Å². The molecule has 34 heavy (non-hydrogen) atoms. The van der Waals surface area contributed by atoms with E-state index in [1.165, 1.54) is 0 Å². The molecule has 4 rings (SSSR count). The molecule has 0 aliphatic carbocycles. The second-order valence-electron chi connectivity index (χ2n) is 8.56. The first-order valence-corrected chi connectivity index (χ1v) is 11.3. The number of nitrogens with one attached hydrogen (secondary N) is 1. The summed E-state index contributed by atoms with van der Waals surface area (Å²) in [6.07, 6.45) is 1.32. The molecule has 1 fully saturated rings. The molecule has 0 aromatic heterocycles. The maximum absolute atomic E-state index is 13.4. The molecule has 5 nitrogen and oxygen atoms in total. The molecule has 0 saturated carbocycles. The summed E-state index contributed by atoms with van der Waals surface area (Å²) in [7, 11) is 1.79. The van der Waals surface area contributed by atoms with Gasteiger partial charge in [-0.2, -0.15) is 0 Å². The Balaban J connectivity index is 1.39. The summed E-state index contributed by atoms with van der Waals surface area (Å²) in [4.78, 5) is 29.5. The smallest absolute Gasteiger partial charge is 0.256 e. The first-order chi connectivity index (χ1) is 16.4. The Kier molecular flexibility index (Phi) is 7.21. The lowest BCUT2D eigenvalue weighted by molar-refractivity contribution is 0.0785. The van der Waals surface area contributed by atoms with Crippen LogP contribution in [0.3, 0.4) is 0 Å². The van der Waals surface area contributed by atoms with Gasteiger partial charge in [0.25, 0.3) is 11.8 Å². The van der Waals surface area contributed by atoms with Crippen molar-refractivity contribution in [2.75, 3.05) is 25.0 Å². The Labute approximate surface area is 198 Å². The molecule has 3 aromatic rings. The second kappa shape index (κ2) is 10.5. The highest BCUT2D eigenvalue weighted by atomic mass is 19.1. The zero-order chi connectivity index (χ0) is 24.1. The zero-order valence-corrected chi connectivity index (χ0v) is 19.0. The number of benzene rings is 3. The number of carbonyl (C=O) groups excluding carboxylic acids is 2. The molecule has 1 heterocycles. The van der Waals surface area contributed by atoms with Crippen molar-refractivity contribution in [2.45, 2.75) is 25.4 Å². The van der Waals surface area contributed by atoms with Gasteiger partial charge >= 0.3 is 0 Å². The number of carbonyl (C=O) groups is 2. The van der Waals surface area contributed by atoms with E-state index >= 15 is 0 Å². The topological polar surface area (TPSA) is 52.7 Å². The standard InChI is InChI=1S/C27H27F2N3O2/c1-31(18-19-7-3-2-4-8-19)27(34)24-9-5-6-10-25(24)32-13-11-23(12-14-32)30-26(33)20-15-21(28)17-22(29)16-20/h2-10,15-17,23H,11-14,18H2,1H3,(H,30,33). The third kappa shape index (κ3) is 5.60. The summed E-state index contributed by atoms with van der Waals surface area (Å²) in [5, 5.41) is 2.87. The first kappa shape index (κ1) is 23.4. The van der Waals surface area contributed by atoms with Crippen LogP contribution in [0, 0.1) is 11.6 Å². The molecule has 1 N–H and O–H groups in total. The van der Waals surface area contributed by atoms with Gasteiger partial charge in [0.15, 0.2) is 0 Å². The maximum Gasteiger partial charge on any atom is 0.256 e. The third-order valence-corrected chi connectivity index (χ3v) is 6.04. The van der Waals surface area contributed by atoms with Crippen LogP contribution >= 0.6 is 0 Å². The van der Waals surface area contributed by atoms with Crippen molar-refractivity contribution in [3.05, 3.63) is 101 Å². The lowest BCUT2D eigenvalue weighted by Crippen LogP contribution is -2.45. The Morgan fingerprint density at radius 3 is 2.24 bits per heavy atom. The molecule has 176 valence electrons. The van der Waals surface area contributed by atoms with E-state index in [9.17, 15) is 18.4 Å². The van der Waals surface area contributed by atoms with Gasteiger partial charge in [-0.1, -0.05) is 42.5 Å². The van der Waals surface area contributed by atoms with Crippen LogP contribution in [-0.4, -0.2) is 42.9 Å². The minimum atomic E-state index is -0.779. The van der Waals surface area contributed by atoms with Crippen LogP contribution in [-0.2, 0) is 6.54 Å². The van der Waals surface area contributed by atoms with Crippen molar-refractivity contribution in [3.8, 4) is 0 Å². The van der Waals surface area contributed by atoms with Crippen LogP contribution in [0.4, 0.5) is 14.5 Å². The number of amides is 2. The van der Waals surface area contributed by atoms with Crippen molar-refractivity contribution in [3.63, 3.8) is 0 Å². The van der Waals surface area contributed by atoms with Crippen LogP contribution in [0.25, 0.3) is 0 Å². The Hall–Kier alpha value is -3.74. The van der Waals surface area contributed by atoms with E-state index in [2.05, 4.69) is 10.2 Å². The summed E-state index contributed by atoms with van der Waals surface area (Å²) in [5.74, 6) is -2.10. The molecule has 1 saturated heterocycles.